The van der Waals surface area contributed by atoms with E-state index in [0.29, 0.717) is 30.8 Å². The van der Waals surface area contributed by atoms with Crippen LogP contribution in [-0.2, 0) is 25.5 Å². The van der Waals surface area contributed by atoms with Gasteiger partial charge in [0.2, 0.25) is 0 Å². The van der Waals surface area contributed by atoms with E-state index in [9.17, 15) is 20.0 Å². The van der Waals surface area contributed by atoms with Crippen molar-refractivity contribution in [2.75, 3.05) is 32.2 Å². The molecule has 2 atom stereocenters. The SMILES string of the molecule is COC(=O)C1=C(C(=O)OC)N(c2ccc(CCNCC(O)c3ccccc3)cc2)C(N)=C(C#N)C1c1ccccc1. The Morgan fingerprint density at radius 1 is 0.976 bits per heavy atom. The Labute approximate surface area is 239 Å². The first kappa shape index (κ1) is 29.1. The Morgan fingerprint density at radius 2 is 1.59 bits per heavy atom. The molecule has 41 heavy (non-hydrogen) atoms. The van der Waals surface area contributed by atoms with E-state index in [-0.39, 0.29) is 22.7 Å². The zero-order valence-electron chi connectivity index (χ0n) is 22.9. The third-order valence-corrected chi connectivity index (χ3v) is 6.92. The number of nitrogens with two attached hydrogens (primary N) is 1. The molecule has 1 heterocycles. The molecule has 0 bridgehead atoms. The van der Waals surface area contributed by atoms with Gasteiger partial charge in [-0.2, -0.15) is 5.26 Å². The maximum absolute atomic E-state index is 13.2. The summed E-state index contributed by atoms with van der Waals surface area (Å²) in [6.07, 6.45) is 0.0775. The number of carbonyl (C=O) groups is 2. The van der Waals surface area contributed by atoms with Crippen LogP contribution in [0.2, 0.25) is 0 Å². The van der Waals surface area contributed by atoms with Crippen LogP contribution >= 0.6 is 0 Å². The molecule has 0 aliphatic carbocycles. The molecule has 9 heteroatoms. The Kier molecular flexibility index (Phi) is 9.53. The molecule has 3 aromatic carbocycles. The number of rotatable bonds is 10. The van der Waals surface area contributed by atoms with Crippen molar-refractivity contribution in [2.45, 2.75) is 18.4 Å². The van der Waals surface area contributed by atoms with Crippen molar-refractivity contribution in [2.24, 2.45) is 5.73 Å². The third-order valence-electron chi connectivity index (χ3n) is 6.92. The molecule has 4 N–H and O–H groups in total. The lowest BCUT2D eigenvalue weighted by Gasteiger charge is -2.36. The summed E-state index contributed by atoms with van der Waals surface area (Å²) in [6, 6.07) is 27.7. The van der Waals surface area contributed by atoms with Crippen LogP contribution in [-0.4, -0.2) is 44.4 Å². The van der Waals surface area contributed by atoms with E-state index in [1.54, 1.807) is 36.4 Å². The molecule has 9 nitrogen and oxygen atoms in total. The minimum absolute atomic E-state index is 0.0127. The quantitative estimate of drug-likeness (QED) is 0.255. The number of methoxy groups -OCH3 is 2. The van der Waals surface area contributed by atoms with E-state index < -0.39 is 24.0 Å². The molecule has 0 radical (unpaired) electrons. The minimum Gasteiger partial charge on any atom is -0.466 e. The Morgan fingerprint density at radius 3 is 2.17 bits per heavy atom. The van der Waals surface area contributed by atoms with Gasteiger partial charge in [-0.05, 0) is 41.8 Å². The standard InChI is InChI=1S/C32H32N4O5/c1-40-31(38)28-27(23-11-7-4-8-12-23)25(19-33)30(34)36(29(28)32(39)41-2)24-15-13-21(14-16-24)17-18-35-20-26(37)22-9-5-3-6-10-22/h3-16,26-27,35,37H,17-18,20,34H2,1-2H3. The number of aliphatic hydroxyl groups is 1. The van der Waals surface area contributed by atoms with Gasteiger partial charge in [-0.3, -0.25) is 4.90 Å². The topological polar surface area (TPSA) is 138 Å². The number of allylic oxidation sites excluding steroid dienone is 1. The van der Waals surface area contributed by atoms with E-state index in [1.807, 2.05) is 48.5 Å². The molecule has 0 spiro atoms. The van der Waals surface area contributed by atoms with Crippen LogP contribution in [0.15, 0.2) is 108 Å². The average Bonchev–Trinajstić information content (AvgIpc) is 3.02. The van der Waals surface area contributed by atoms with Gasteiger partial charge in [0.1, 0.15) is 11.5 Å². The summed E-state index contributed by atoms with van der Waals surface area (Å²) in [5.41, 5.74) is 9.42. The molecule has 1 aliphatic rings. The van der Waals surface area contributed by atoms with Crippen LogP contribution in [0.5, 0.6) is 0 Å². The van der Waals surface area contributed by atoms with E-state index in [4.69, 9.17) is 15.2 Å². The Balaban J connectivity index is 1.62. The van der Waals surface area contributed by atoms with Gasteiger partial charge < -0.3 is 25.6 Å². The highest BCUT2D eigenvalue weighted by molar-refractivity contribution is 6.06. The lowest BCUT2D eigenvalue weighted by atomic mass is 9.81. The van der Waals surface area contributed by atoms with Gasteiger partial charge >= 0.3 is 11.9 Å². The Hall–Kier alpha value is -4.91. The summed E-state index contributed by atoms with van der Waals surface area (Å²) in [7, 11) is 2.43. The van der Waals surface area contributed by atoms with Gasteiger partial charge in [0.05, 0.1) is 43.5 Å². The van der Waals surface area contributed by atoms with Crippen LogP contribution in [0.1, 0.15) is 28.7 Å². The first-order valence-corrected chi connectivity index (χ1v) is 13.1. The van der Waals surface area contributed by atoms with Crippen molar-refractivity contribution in [3.05, 3.63) is 124 Å². The molecule has 210 valence electrons. The number of nitrogens with one attached hydrogen (secondary N) is 1. The molecular formula is C32H32N4O5. The molecule has 0 aromatic heterocycles. The van der Waals surface area contributed by atoms with Crippen molar-refractivity contribution in [3.8, 4) is 6.07 Å². The van der Waals surface area contributed by atoms with E-state index in [2.05, 4.69) is 11.4 Å². The summed E-state index contributed by atoms with van der Waals surface area (Å²) in [4.78, 5) is 27.7. The monoisotopic (exact) mass is 552 g/mol. The molecular weight excluding hydrogens is 520 g/mol. The minimum atomic E-state index is -0.921. The second-order valence-corrected chi connectivity index (χ2v) is 9.38. The molecule has 0 fully saturated rings. The van der Waals surface area contributed by atoms with Crippen molar-refractivity contribution in [3.63, 3.8) is 0 Å². The summed E-state index contributed by atoms with van der Waals surface area (Å²) < 4.78 is 10.1. The first-order valence-electron chi connectivity index (χ1n) is 13.1. The van der Waals surface area contributed by atoms with Crippen LogP contribution < -0.4 is 16.0 Å². The van der Waals surface area contributed by atoms with Crippen molar-refractivity contribution in [1.29, 1.82) is 5.26 Å². The highest BCUT2D eigenvalue weighted by Gasteiger charge is 2.42. The van der Waals surface area contributed by atoms with E-state index in [0.717, 1.165) is 11.1 Å². The molecule has 3 aromatic rings. The number of hydrogen-bond acceptors (Lipinski definition) is 9. The number of hydrogen-bond donors (Lipinski definition) is 3. The van der Waals surface area contributed by atoms with Crippen LogP contribution in [0.25, 0.3) is 0 Å². The third kappa shape index (κ3) is 6.30. The number of esters is 2. The second kappa shape index (κ2) is 13.4. The Bertz CT molecular complexity index is 1480. The van der Waals surface area contributed by atoms with E-state index in [1.165, 1.54) is 19.1 Å². The fourth-order valence-corrected chi connectivity index (χ4v) is 4.86. The van der Waals surface area contributed by atoms with Crippen LogP contribution in [0.4, 0.5) is 5.69 Å². The summed E-state index contributed by atoms with van der Waals surface area (Å²) in [5, 5.41) is 23.8. The van der Waals surface area contributed by atoms with Gasteiger partial charge in [0, 0.05) is 12.2 Å². The summed E-state index contributed by atoms with van der Waals surface area (Å²) in [5.74, 6) is -2.48. The molecule has 2 unspecified atom stereocenters. The van der Waals surface area contributed by atoms with E-state index >= 15 is 0 Å². The lowest BCUT2D eigenvalue weighted by Crippen LogP contribution is -2.40. The zero-order chi connectivity index (χ0) is 29.4. The van der Waals surface area contributed by atoms with Gasteiger partial charge in [-0.15, -0.1) is 0 Å². The van der Waals surface area contributed by atoms with Crippen molar-refractivity contribution in [1.82, 2.24) is 5.32 Å². The predicted molar refractivity (Wildman–Crippen MR) is 154 cm³/mol. The molecule has 0 saturated heterocycles. The zero-order valence-corrected chi connectivity index (χ0v) is 22.9. The molecule has 4 rings (SSSR count). The average molecular weight is 553 g/mol. The maximum Gasteiger partial charge on any atom is 0.355 e. The number of nitrogens with zero attached hydrogens (tertiary/aromatic N) is 2. The van der Waals surface area contributed by atoms with Crippen molar-refractivity contribution >= 4 is 17.6 Å². The van der Waals surface area contributed by atoms with Crippen LogP contribution in [0.3, 0.4) is 0 Å². The molecule has 1 aliphatic heterocycles. The van der Waals surface area contributed by atoms with Gasteiger partial charge in [-0.25, -0.2) is 9.59 Å². The fraction of sp³-hybridized carbons (Fsp3) is 0.219. The fourth-order valence-electron chi connectivity index (χ4n) is 4.86. The molecule has 0 saturated carbocycles. The first-order chi connectivity index (χ1) is 19.9. The summed E-state index contributed by atoms with van der Waals surface area (Å²) in [6.45, 7) is 1.05. The number of carbonyl (C=O) groups excluding carboxylic acids is 2. The molecule has 0 amide bonds. The predicted octanol–water partition coefficient (Wildman–Crippen LogP) is 3.45. The largest absolute Gasteiger partial charge is 0.466 e. The highest BCUT2D eigenvalue weighted by atomic mass is 16.5. The normalized spacial score (nSPS) is 15.8. The lowest BCUT2D eigenvalue weighted by molar-refractivity contribution is -0.139. The second-order valence-electron chi connectivity index (χ2n) is 9.38. The van der Waals surface area contributed by atoms with Gasteiger partial charge in [0.25, 0.3) is 0 Å². The highest BCUT2D eigenvalue weighted by Crippen LogP contribution is 2.43. The van der Waals surface area contributed by atoms with Gasteiger partial charge in [-0.1, -0.05) is 72.8 Å². The maximum atomic E-state index is 13.2. The smallest absolute Gasteiger partial charge is 0.355 e. The van der Waals surface area contributed by atoms with Crippen LogP contribution in [0, 0.1) is 11.3 Å². The number of nitriles is 1. The number of aliphatic hydroxyl groups excluding tert-OH is 1. The summed E-state index contributed by atoms with van der Waals surface area (Å²) >= 11 is 0. The number of anilines is 1. The van der Waals surface area contributed by atoms with Crippen molar-refractivity contribution < 1.29 is 24.2 Å². The number of benzene rings is 3. The number of ether oxygens (including phenoxy) is 2. The van der Waals surface area contributed by atoms with Gasteiger partial charge in [0.15, 0.2) is 0 Å².